The van der Waals surface area contributed by atoms with Crippen molar-refractivity contribution in [1.29, 1.82) is 0 Å². The fourth-order valence-corrected chi connectivity index (χ4v) is 1.67. The Morgan fingerprint density at radius 3 is 2.78 bits per heavy atom. The lowest BCUT2D eigenvalue weighted by Crippen LogP contribution is -2.26. The van der Waals surface area contributed by atoms with Crippen molar-refractivity contribution in [3.8, 4) is 0 Å². The summed E-state index contributed by atoms with van der Waals surface area (Å²) in [6.07, 6.45) is 5.32. The highest BCUT2D eigenvalue weighted by Gasteiger charge is 2.03. The monoisotopic (exact) mass is 249 g/mol. The predicted molar refractivity (Wildman–Crippen MR) is 74.1 cm³/mol. The zero-order valence-electron chi connectivity index (χ0n) is 11.3. The van der Waals surface area contributed by atoms with Crippen molar-refractivity contribution < 1.29 is 4.79 Å². The molecule has 0 aliphatic heterocycles. The van der Waals surface area contributed by atoms with Crippen LogP contribution >= 0.6 is 0 Å². The number of rotatable bonds is 7. The van der Waals surface area contributed by atoms with Crippen LogP contribution in [0.3, 0.4) is 0 Å². The van der Waals surface area contributed by atoms with Crippen molar-refractivity contribution >= 4 is 11.6 Å². The second kappa shape index (κ2) is 7.69. The standard InChI is InChI=1S/C14H23N3O/c1-11(2)5-3-4-8-16-14(18)9-13-7-6-12(15)10-17-13/h6-7,10-11H,3-5,8-9,15H2,1-2H3,(H,16,18). The zero-order chi connectivity index (χ0) is 13.4. The average Bonchev–Trinajstić information content (AvgIpc) is 2.31. The lowest BCUT2D eigenvalue weighted by molar-refractivity contribution is -0.120. The van der Waals surface area contributed by atoms with Gasteiger partial charge in [-0.1, -0.05) is 26.7 Å². The van der Waals surface area contributed by atoms with Gasteiger partial charge >= 0.3 is 0 Å². The molecule has 0 spiro atoms. The molecule has 0 bridgehead atoms. The smallest absolute Gasteiger partial charge is 0.226 e. The maximum absolute atomic E-state index is 11.6. The number of carbonyl (C=O) groups is 1. The van der Waals surface area contributed by atoms with Crippen LogP contribution < -0.4 is 11.1 Å². The third-order valence-corrected chi connectivity index (χ3v) is 2.72. The molecule has 0 unspecified atom stereocenters. The van der Waals surface area contributed by atoms with E-state index in [1.54, 1.807) is 18.3 Å². The van der Waals surface area contributed by atoms with Crippen molar-refractivity contribution in [2.45, 2.75) is 39.5 Å². The van der Waals surface area contributed by atoms with Gasteiger partial charge < -0.3 is 11.1 Å². The van der Waals surface area contributed by atoms with E-state index < -0.39 is 0 Å². The van der Waals surface area contributed by atoms with Crippen LogP contribution in [0.25, 0.3) is 0 Å². The summed E-state index contributed by atoms with van der Waals surface area (Å²) >= 11 is 0. The van der Waals surface area contributed by atoms with Gasteiger partial charge in [0, 0.05) is 12.2 Å². The van der Waals surface area contributed by atoms with Crippen LogP contribution in [0.4, 0.5) is 5.69 Å². The van der Waals surface area contributed by atoms with E-state index in [0.29, 0.717) is 12.1 Å². The summed E-state index contributed by atoms with van der Waals surface area (Å²) in [5, 5.41) is 2.91. The quantitative estimate of drug-likeness (QED) is 0.727. The first-order valence-corrected chi connectivity index (χ1v) is 6.55. The largest absolute Gasteiger partial charge is 0.397 e. The number of hydrogen-bond acceptors (Lipinski definition) is 3. The van der Waals surface area contributed by atoms with Gasteiger partial charge in [-0.2, -0.15) is 0 Å². The molecule has 1 aromatic heterocycles. The van der Waals surface area contributed by atoms with Crippen LogP contribution in [-0.2, 0) is 11.2 Å². The molecule has 0 aromatic carbocycles. The fourth-order valence-electron chi connectivity index (χ4n) is 1.67. The Hall–Kier alpha value is -1.58. The number of nitrogen functional groups attached to an aromatic ring is 1. The van der Waals surface area contributed by atoms with E-state index in [-0.39, 0.29) is 5.91 Å². The number of anilines is 1. The molecule has 0 saturated heterocycles. The Kier molecular flexibility index (Phi) is 6.19. The molecule has 0 atom stereocenters. The molecule has 4 heteroatoms. The molecule has 1 heterocycles. The van der Waals surface area contributed by atoms with E-state index >= 15 is 0 Å². The summed E-state index contributed by atoms with van der Waals surface area (Å²) in [6, 6.07) is 3.55. The number of amides is 1. The molecule has 1 amide bonds. The Morgan fingerprint density at radius 1 is 1.39 bits per heavy atom. The Bertz CT molecular complexity index is 360. The number of hydrogen-bond donors (Lipinski definition) is 2. The first kappa shape index (κ1) is 14.5. The van der Waals surface area contributed by atoms with Gasteiger partial charge in [0.25, 0.3) is 0 Å². The molecule has 0 aliphatic carbocycles. The van der Waals surface area contributed by atoms with E-state index in [0.717, 1.165) is 31.0 Å². The van der Waals surface area contributed by atoms with Crippen LogP contribution in [0.1, 0.15) is 38.8 Å². The summed E-state index contributed by atoms with van der Waals surface area (Å²) in [6.45, 7) is 5.18. The van der Waals surface area contributed by atoms with E-state index in [4.69, 9.17) is 5.73 Å². The number of carbonyl (C=O) groups excluding carboxylic acids is 1. The number of unbranched alkanes of at least 4 members (excludes halogenated alkanes) is 1. The maximum Gasteiger partial charge on any atom is 0.226 e. The molecular formula is C14H23N3O. The number of nitrogens with zero attached hydrogens (tertiary/aromatic N) is 1. The van der Waals surface area contributed by atoms with Gasteiger partial charge in [0.15, 0.2) is 0 Å². The normalized spacial score (nSPS) is 10.6. The van der Waals surface area contributed by atoms with Crippen molar-refractivity contribution in [2.75, 3.05) is 12.3 Å². The number of pyridine rings is 1. The van der Waals surface area contributed by atoms with Crippen LogP contribution in [0.2, 0.25) is 0 Å². The fraction of sp³-hybridized carbons (Fsp3) is 0.571. The molecular weight excluding hydrogens is 226 g/mol. The highest BCUT2D eigenvalue weighted by Crippen LogP contribution is 2.05. The van der Waals surface area contributed by atoms with Gasteiger partial charge in [-0.05, 0) is 24.5 Å². The SMILES string of the molecule is CC(C)CCCCNC(=O)Cc1ccc(N)cn1. The first-order valence-electron chi connectivity index (χ1n) is 6.55. The molecule has 0 fully saturated rings. The third kappa shape index (κ3) is 6.23. The summed E-state index contributed by atoms with van der Waals surface area (Å²) in [5.74, 6) is 0.761. The van der Waals surface area contributed by atoms with Crippen molar-refractivity contribution in [1.82, 2.24) is 10.3 Å². The highest BCUT2D eigenvalue weighted by atomic mass is 16.1. The van der Waals surface area contributed by atoms with Crippen molar-refractivity contribution in [3.63, 3.8) is 0 Å². The minimum atomic E-state index is 0.0248. The number of nitrogens with one attached hydrogen (secondary N) is 1. The van der Waals surface area contributed by atoms with E-state index in [1.807, 2.05) is 0 Å². The lowest BCUT2D eigenvalue weighted by Gasteiger charge is -2.06. The third-order valence-electron chi connectivity index (χ3n) is 2.72. The minimum Gasteiger partial charge on any atom is -0.397 e. The van der Waals surface area contributed by atoms with Gasteiger partial charge in [0.05, 0.1) is 18.3 Å². The van der Waals surface area contributed by atoms with Crippen molar-refractivity contribution in [3.05, 3.63) is 24.0 Å². The van der Waals surface area contributed by atoms with E-state index in [9.17, 15) is 4.79 Å². The summed E-state index contributed by atoms with van der Waals surface area (Å²) in [7, 11) is 0. The van der Waals surface area contributed by atoms with Gasteiger partial charge in [-0.25, -0.2) is 0 Å². The molecule has 4 nitrogen and oxygen atoms in total. The van der Waals surface area contributed by atoms with E-state index in [2.05, 4.69) is 24.1 Å². The zero-order valence-corrected chi connectivity index (χ0v) is 11.3. The molecule has 0 saturated carbocycles. The number of nitrogens with two attached hydrogens (primary N) is 1. The Labute approximate surface area is 109 Å². The van der Waals surface area contributed by atoms with Crippen LogP contribution in [-0.4, -0.2) is 17.4 Å². The molecule has 0 aliphatic rings. The summed E-state index contributed by atoms with van der Waals surface area (Å²) in [5.41, 5.74) is 6.90. The number of aromatic nitrogens is 1. The van der Waals surface area contributed by atoms with Gasteiger partial charge in [-0.15, -0.1) is 0 Å². The molecule has 1 rings (SSSR count). The molecule has 18 heavy (non-hydrogen) atoms. The second-order valence-electron chi connectivity index (χ2n) is 5.00. The highest BCUT2D eigenvalue weighted by molar-refractivity contribution is 5.78. The molecule has 3 N–H and O–H groups in total. The van der Waals surface area contributed by atoms with Gasteiger partial charge in [0.2, 0.25) is 5.91 Å². The molecule has 0 radical (unpaired) electrons. The molecule has 1 aromatic rings. The van der Waals surface area contributed by atoms with Gasteiger partial charge in [0.1, 0.15) is 0 Å². The molecule has 100 valence electrons. The first-order chi connectivity index (χ1) is 8.58. The van der Waals surface area contributed by atoms with Crippen molar-refractivity contribution in [2.24, 2.45) is 5.92 Å². The summed E-state index contributed by atoms with van der Waals surface area (Å²) < 4.78 is 0. The van der Waals surface area contributed by atoms with Crippen LogP contribution in [0.5, 0.6) is 0 Å². The van der Waals surface area contributed by atoms with E-state index in [1.165, 1.54) is 6.42 Å². The Balaban J connectivity index is 2.16. The summed E-state index contributed by atoms with van der Waals surface area (Å²) in [4.78, 5) is 15.7. The lowest BCUT2D eigenvalue weighted by atomic mass is 10.1. The minimum absolute atomic E-state index is 0.0248. The Morgan fingerprint density at radius 2 is 2.17 bits per heavy atom. The topological polar surface area (TPSA) is 68.0 Å². The van der Waals surface area contributed by atoms with Crippen LogP contribution in [0.15, 0.2) is 18.3 Å². The van der Waals surface area contributed by atoms with Gasteiger partial charge in [-0.3, -0.25) is 9.78 Å². The average molecular weight is 249 g/mol. The van der Waals surface area contributed by atoms with Crippen LogP contribution in [0, 0.1) is 5.92 Å². The second-order valence-corrected chi connectivity index (χ2v) is 5.00. The maximum atomic E-state index is 11.6. The predicted octanol–water partition coefficient (Wildman–Crippen LogP) is 2.15.